The summed E-state index contributed by atoms with van der Waals surface area (Å²) < 4.78 is 23.6. The highest BCUT2D eigenvalue weighted by molar-refractivity contribution is 7.26. The topological polar surface area (TPSA) is 46.2 Å². The maximum absolute atomic E-state index is 5.33. The molecule has 9 heteroatoms. The monoisotopic (exact) mass is 390 g/mol. The summed E-state index contributed by atoms with van der Waals surface area (Å²) >= 11 is 15.8. The summed E-state index contributed by atoms with van der Waals surface area (Å²) in [4.78, 5) is 0. The predicted octanol–water partition coefficient (Wildman–Crippen LogP) is 4.14. The van der Waals surface area contributed by atoms with E-state index in [-0.39, 0.29) is 29.4 Å². The van der Waals surface area contributed by atoms with Gasteiger partial charge in [-0.1, -0.05) is 7.43 Å². The third-order valence-electron chi connectivity index (χ3n) is 1.41. The molecule has 2 unspecified atom stereocenters. The lowest BCUT2D eigenvalue weighted by Gasteiger charge is -2.00. The van der Waals surface area contributed by atoms with E-state index in [1.165, 1.54) is 0 Å². The molecule has 0 heterocycles. The number of methoxy groups -OCH3 is 2. The molecule has 2 atom stereocenters. The average molecular weight is 392 g/mol. The highest BCUT2D eigenvalue weighted by atomic mass is 35.5. The van der Waals surface area contributed by atoms with Crippen LogP contribution in [0.3, 0.4) is 0 Å². The van der Waals surface area contributed by atoms with Gasteiger partial charge in [0, 0.05) is 39.0 Å². The smallest absolute Gasteiger partial charge is 0.157 e. The molecule has 0 bridgehead atoms. The van der Waals surface area contributed by atoms with Crippen LogP contribution in [0.2, 0.25) is 0 Å². The van der Waals surface area contributed by atoms with Gasteiger partial charge in [-0.25, -0.2) is 0 Å². The van der Waals surface area contributed by atoms with Gasteiger partial charge in [-0.3, -0.25) is 0 Å². The minimum atomic E-state index is 0. The fourth-order valence-electron chi connectivity index (χ4n) is 0.378. The maximum atomic E-state index is 5.33. The van der Waals surface area contributed by atoms with E-state index in [0.717, 1.165) is 0 Å². The molecule has 0 fully saturated rings. The normalized spacial score (nSPS) is 11.0. The van der Waals surface area contributed by atoms with Gasteiger partial charge in [-0.2, -0.15) is 0 Å². The molecule has 0 aromatic carbocycles. The van der Waals surface area contributed by atoms with Crippen molar-refractivity contribution in [1.82, 2.24) is 0 Å². The zero-order valence-corrected chi connectivity index (χ0v) is 15.8. The third kappa shape index (κ3) is 44.9. The van der Waals surface area contributed by atoms with Crippen LogP contribution in [-0.4, -0.2) is 65.1 Å². The Hall–Kier alpha value is 1.10. The summed E-state index contributed by atoms with van der Waals surface area (Å²) in [5, 5.41) is 0. The second-order valence-electron chi connectivity index (χ2n) is 3.03. The lowest BCUT2D eigenvalue weighted by Crippen LogP contribution is -2.04. The quantitative estimate of drug-likeness (QED) is 0.242. The average Bonchev–Trinajstić information content (AvgIpc) is 2.48. The number of rotatable bonds is 10. The Morgan fingerprint density at radius 3 is 1.81 bits per heavy atom. The van der Waals surface area contributed by atoms with E-state index in [0.29, 0.717) is 30.9 Å². The van der Waals surface area contributed by atoms with Crippen LogP contribution in [0.1, 0.15) is 14.4 Å². The van der Waals surface area contributed by atoms with E-state index in [1.807, 2.05) is 6.92 Å². The van der Waals surface area contributed by atoms with Crippen LogP contribution in [0.4, 0.5) is 0 Å². The van der Waals surface area contributed by atoms with Gasteiger partial charge >= 0.3 is 0 Å². The van der Waals surface area contributed by atoms with Crippen molar-refractivity contribution < 1.29 is 23.3 Å². The van der Waals surface area contributed by atoms with Gasteiger partial charge in [0.1, 0.15) is 0 Å². The van der Waals surface area contributed by atoms with E-state index in [9.17, 15) is 0 Å². The molecule has 0 aliphatic carbocycles. The summed E-state index contributed by atoms with van der Waals surface area (Å²) in [7, 11) is 4.90. The number of hydrogen-bond acceptors (Lipinski definition) is 5. The van der Waals surface area contributed by atoms with Crippen molar-refractivity contribution in [2.24, 2.45) is 0 Å². The van der Waals surface area contributed by atoms with E-state index in [1.54, 1.807) is 21.3 Å². The van der Waals surface area contributed by atoms with Gasteiger partial charge in [0.05, 0.1) is 19.3 Å². The first-order valence-electron chi connectivity index (χ1n) is 5.81. The van der Waals surface area contributed by atoms with E-state index in [2.05, 4.69) is 9.26 Å². The molecule has 21 heavy (non-hydrogen) atoms. The molecule has 0 saturated heterocycles. The zero-order valence-electron chi connectivity index (χ0n) is 12.5. The van der Waals surface area contributed by atoms with Crippen molar-refractivity contribution in [1.29, 1.82) is 0 Å². The molecule has 0 spiro atoms. The van der Waals surface area contributed by atoms with Crippen molar-refractivity contribution in [3.8, 4) is 0 Å². The summed E-state index contributed by atoms with van der Waals surface area (Å²) in [6.07, 6.45) is 0.201. The Morgan fingerprint density at radius 1 is 1.00 bits per heavy atom. The van der Waals surface area contributed by atoms with Crippen LogP contribution >= 0.6 is 43.8 Å². The Kier molecular flexibility index (Phi) is 47.0. The van der Waals surface area contributed by atoms with Crippen LogP contribution in [0.5, 0.6) is 0 Å². The minimum absolute atomic E-state index is 0. The van der Waals surface area contributed by atoms with Crippen molar-refractivity contribution in [3.05, 3.63) is 0 Å². The first kappa shape index (κ1) is 30.0. The van der Waals surface area contributed by atoms with Gasteiger partial charge in [0.25, 0.3) is 0 Å². The van der Waals surface area contributed by atoms with Gasteiger partial charge in [0.2, 0.25) is 0 Å². The molecule has 0 aromatic heterocycles. The summed E-state index contributed by atoms with van der Waals surface area (Å²) in [6.45, 7) is 3.36. The van der Waals surface area contributed by atoms with Crippen molar-refractivity contribution in [2.45, 2.75) is 20.5 Å². The van der Waals surface area contributed by atoms with Crippen LogP contribution in [-0.2, 0) is 23.3 Å². The first-order valence-corrected chi connectivity index (χ1v) is 8.23. The van der Waals surface area contributed by atoms with Crippen molar-refractivity contribution >= 4 is 43.8 Å². The molecule has 0 radical (unpaired) electrons. The van der Waals surface area contributed by atoms with E-state index in [4.69, 9.17) is 48.8 Å². The predicted molar refractivity (Wildman–Crippen MR) is 94.5 cm³/mol. The third-order valence-corrected chi connectivity index (χ3v) is 2.55. The lowest BCUT2D eigenvalue weighted by molar-refractivity contribution is 0.0268. The van der Waals surface area contributed by atoms with Crippen molar-refractivity contribution in [2.75, 3.05) is 59.0 Å². The summed E-state index contributed by atoms with van der Waals surface area (Å²) in [5.41, 5.74) is 0. The number of halogens is 3. The minimum Gasteiger partial charge on any atom is -0.383 e. The molecule has 0 rings (SSSR count). The second kappa shape index (κ2) is 32.9. The first-order chi connectivity index (χ1) is 9.64. The highest BCUT2D eigenvalue weighted by Crippen LogP contribution is 2.09. The van der Waals surface area contributed by atoms with Gasteiger partial charge in [-0.15, -0.1) is 34.8 Å². The van der Waals surface area contributed by atoms with Crippen LogP contribution in [0.15, 0.2) is 0 Å². The Morgan fingerprint density at radius 2 is 1.57 bits per heavy atom. The standard InChI is InChI=1S/C4H10ClO3P.C4H9ClO.C3H7ClO.CH4/c1-6-9-8-4-7-3-2-5;1-4(3-5)6-2;1-5-3-2-4;/h9H,2-4H2,1H3;4H,3H2,1-2H3;2-3H2,1H3;1H4. The fourth-order valence-corrected chi connectivity index (χ4v) is 1.02. The number of hydrogen-bond donors (Lipinski definition) is 0. The highest BCUT2D eigenvalue weighted by Gasteiger charge is 1.90. The van der Waals surface area contributed by atoms with Crippen LogP contribution < -0.4 is 0 Å². The molecular formula is C12H30Cl3O5P. The number of alkyl halides is 3. The summed E-state index contributed by atoms with van der Waals surface area (Å²) in [5.74, 6) is 1.67. The Bertz CT molecular complexity index is 138. The SMILES string of the molecule is C.COC(C)CCl.COCCCl.COPOCOCCCl. The van der Waals surface area contributed by atoms with E-state index >= 15 is 0 Å². The molecular weight excluding hydrogens is 361 g/mol. The largest absolute Gasteiger partial charge is 0.383 e. The fraction of sp³-hybridized carbons (Fsp3) is 1.00. The molecule has 0 aromatic rings. The second-order valence-corrected chi connectivity index (χ2v) is 4.96. The van der Waals surface area contributed by atoms with Crippen molar-refractivity contribution in [3.63, 3.8) is 0 Å². The molecule has 0 aliphatic rings. The number of ether oxygens (including phenoxy) is 3. The maximum Gasteiger partial charge on any atom is 0.157 e. The molecule has 134 valence electrons. The molecule has 0 amide bonds. The Labute approximate surface area is 146 Å². The lowest BCUT2D eigenvalue weighted by atomic mass is 10.5. The molecule has 0 saturated carbocycles. The molecule has 5 nitrogen and oxygen atoms in total. The zero-order chi connectivity index (χ0) is 16.1. The van der Waals surface area contributed by atoms with Gasteiger partial charge in [-0.05, 0) is 6.92 Å². The molecule has 0 aliphatic heterocycles. The van der Waals surface area contributed by atoms with E-state index < -0.39 is 0 Å². The summed E-state index contributed by atoms with van der Waals surface area (Å²) in [6, 6.07) is 0. The Balaban J connectivity index is -0.000000106. The van der Waals surface area contributed by atoms with Gasteiger partial charge < -0.3 is 23.3 Å². The van der Waals surface area contributed by atoms with Crippen LogP contribution in [0.25, 0.3) is 0 Å². The van der Waals surface area contributed by atoms with Gasteiger partial charge in [0.15, 0.2) is 15.8 Å². The van der Waals surface area contributed by atoms with Crippen LogP contribution in [0, 0.1) is 0 Å². The molecule has 0 N–H and O–H groups in total.